The van der Waals surface area contributed by atoms with Crippen molar-refractivity contribution < 1.29 is 14.0 Å². The van der Waals surface area contributed by atoms with Gasteiger partial charge in [-0.3, -0.25) is 19.6 Å². The number of nitrogens with zero attached hydrogens (tertiary/aromatic N) is 2. The molecular formula is C17H20FN5O2. The van der Waals surface area contributed by atoms with Crippen LogP contribution < -0.4 is 10.6 Å². The van der Waals surface area contributed by atoms with Crippen LogP contribution in [0.25, 0.3) is 11.3 Å². The number of carbonyl (C=O) groups excluding carboxylic acids is 2. The summed E-state index contributed by atoms with van der Waals surface area (Å²) >= 11 is 0. The Bertz CT molecular complexity index is 761. The van der Waals surface area contributed by atoms with Crippen LogP contribution in [-0.2, 0) is 4.79 Å². The van der Waals surface area contributed by atoms with Crippen LogP contribution in [0, 0.1) is 5.82 Å². The summed E-state index contributed by atoms with van der Waals surface area (Å²) in [6.07, 6.45) is 0.743. The van der Waals surface area contributed by atoms with Gasteiger partial charge in [0.05, 0.1) is 12.2 Å². The molecule has 0 spiro atoms. The lowest BCUT2D eigenvalue weighted by Crippen LogP contribution is -2.48. The number of nitrogens with one attached hydrogen (secondary N) is 3. The van der Waals surface area contributed by atoms with E-state index in [9.17, 15) is 14.0 Å². The maximum Gasteiger partial charge on any atom is 0.269 e. The lowest BCUT2D eigenvalue weighted by Gasteiger charge is -2.26. The number of aromatic amines is 1. The highest BCUT2D eigenvalue weighted by Gasteiger charge is 2.16. The summed E-state index contributed by atoms with van der Waals surface area (Å²) in [6, 6.07) is 7.81. The molecule has 0 radical (unpaired) electrons. The number of carbonyl (C=O) groups is 2. The number of amides is 2. The largest absolute Gasteiger partial charge is 0.354 e. The third kappa shape index (κ3) is 4.42. The fourth-order valence-corrected chi connectivity index (χ4v) is 2.73. The fourth-order valence-electron chi connectivity index (χ4n) is 2.73. The van der Waals surface area contributed by atoms with Crippen molar-refractivity contribution in [2.45, 2.75) is 6.42 Å². The molecule has 1 saturated heterocycles. The molecule has 0 atom stereocenters. The van der Waals surface area contributed by atoms with Gasteiger partial charge in [0.1, 0.15) is 11.5 Å². The summed E-state index contributed by atoms with van der Waals surface area (Å²) in [4.78, 5) is 25.5. The summed E-state index contributed by atoms with van der Waals surface area (Å²) in [5.41, 5.74) is 1.03. The Kier molecular flexibility index (Phi) is 5.39. The van der Waals surface area contributed by atoms with Gasteiger partial charge in [-0.1, -0.05) is 12.1 Å². The first-order valence-electron chi connectivity index (χ1n) is 8.21. The van der Waals surface area contributed by atoms with E-state index >= 15 is 0 Å². The van der Waals surface area contributed by atoms with Gasteiger partial charge >= 0.3 is 0 Å². The molecule has 1 fully saturated rings. The molecular weight excluding hydrogens is 325 g/mol. The normalized spacial score (nSPS) is 15.0. The van der Waals surface area contributed by atoms with Gasteiger partial charge in [0.25, 0.3) is 5.91 Å². The van der Waals surface area contributed by atoms with E-state index < -0.39 is 0 Å². The lowest BCUT2D eigenvalue weighted by molar-refractivity contribution is -0.124. The van der Waals surface area contributed by atoms with Crippen LogP contribution in [0.3, 0.4) is 0 Å². The molecule has 1 aliphatic heterocycles. The molecule has 0 unspecified atom stereocenters. The van der Waals surface area contributed by atoms with Gasteiger partial charge in [-0.25, -0.2) is 4.39 Å². The van der Waals surface area contributed by atoms with Crippen LogP contribution >= 0.6 is 0 Å². The summed E-state index contributed by atoms with van der Waals surface area (Å²) in [7, 11) is 0. The molecule has 132 valence electrons. The molecule has 1 aliphatic rings. The molecule has 1 aromatic carbocycles. The number of halogens is 1. The van der Waals surface area contributed by atoms with E-state index in [0.717, 1.165) is 19.5 Å². The minimum absolute atomic E-state index is 0.0356. The Morgan fingerprint density at radius 1 is 1.36 bits per heavy atom. The van der Waals surface area contributed by atoms with Crippen LogP contribution in [0.15, 0.2) is 30.3 Å². The highest BCUT2D eigenvalue weighted by Crippen LogP contribution is 2.20. The van der Waals surface area contributed by atoms with Crippen molar-refractivity contribution in [3.8, 4) is 11.3 Å². The monoisotopic (exact) mass is 345 g/mol. The molecule has 0 bridgehead atoms. The predicted molar refractivity (Wildman–Crippen MR) is 90.4 cm³/mol. The van der Waals surface area contributed by atoms with Crippen molar-refractivity contribution in [2.75, 3.05) is 32.7 Å². The number of rotatable bonds is 6. The Hall–Kier alpha value is -2.74. The zero-order valence-corrected chi connectivity index (χ0v) is 13.7. The Balaban J connectivity index is 1.47. The van der Waals surface area contributed by atoms with Crippen LogP contribution in [0.4, 0.5) is 4.39 Å². The number of hydrogen-bond acceptors (Lipinski definition) is 4. The van der Waals surface area contributed by atoms with Crippen molar-refractivity contribution in [3.63, 3.8) is 0 Å². The third-order valence-electron chi connectivity index (χ3n) is 4.03. The summed E-state index contributed by atoms with van der Waals surface area (Å²) in [6.45, 7) is 3.13. The molecule has 0 aliphatic carbocycles. The third-order valence-corrected chi connectivity index (χ3v) is 4.03. The molecule has 1 aromatic heterocycles. The molecule has 3 rings (SSSR count). The van der Waals surface area contributed by atoms with Gasteiger partial charge in [-0.15, -0.1) is 0 Å². The van der Waals surface area contributed by atoms with Gasteiger partial charge in [-0.2, -0.15) is 5.10 Å². The average Bonchev–Trinajstić information content (AvgIpc) is 3.09. The van der Waals surface area contributed by atoms with Gasteiger partial charge in [-0.05, 0) is 24.6 Å². The Morgan fingerprint density at radius 3 is 3.00 bits per heavy atom. The van der Waals surface area contributed by atoms with E-state index in [1.54, 1.807) is 18.2 Å². The molecule has 2 amide bonds. The standard InChI is InChI=1S/C17H20FN5O2/c18-13-5-2-1-4-12(13)14-10-15(22-21-14)17(25)20-6-3-8-23-9-7-19-16(24)11-23/h1-2,4-5,10H,3,6-9,11H2,(H,19,24)(H,20,25)(H,21,22). The molecule has 7 nitrogen and oxygen atoms in total. The quantitative estimate of drug-likeness (QED) is 0.675. The second-order valence-electron chi connectivity index (χ2n) is 5.88. The fraction of sp³-hybridized carbons (Fsp3) is 0.353. The topological polar surface area (TPSA) is 90.1 Å². The van der Waals surface area contributed by atoms with Gasteiger partial charge in [0, 0.05) is 31.7 Å². The van der Waals surface area contributed by atoms with Crippen LogP contribution in [-0.4, -0.2) is 59.6 Å². The summed E-state index contributed by atoms with van der Waals surface area (Å²) in [5, 5.41) is 12.2. The summed E-state index contributed by atoms with van der Waals surface area (Å²) < 4.78 is 13.8. The van der Waals surface area contributed by atoms with E-state index in [1.807, 2.05) is 0 Å². The van der Waals surface area contributed by atoms with E-state index in [0.29, 0.717) is 30.9 Å². The highest BCUT2D eigenvalue weighted by molar-refractivity contribution is 5.93. The minimum Gasteiger partial charge on any atom is -0.354 e. The Morgan fingerprint density at radius 2 is 2.20 bits per heavy atom. The molecule has 2 heterocycles. The van der Waals surface area contributed by atoms with Crippen LogP contribution in [0.2, 0.25) is 0 Å². The number of H-pyrrole nitrogens is 1. The van der Waals surface area contributed by atoms with Crippen molar-refractivity contribution in [1.29, 1.82) is 0 Å². The van der Waals surface area contributed by atoms with Crippen LogP contribution in [0.5, 0.6) is 0 Å². The van der Waals surface area contributed by atoms with Crippen LogP contribution in [0.1, 0.15) is 16.9 Å². The second kappa shape index (κ2) is 7.89. The van der Waals surface area contributed by atoms with Crippen molar-refractivity contribution in [1.82, 2.24) is 25.7 Å². The van der Waals surface area contributed by atoms with Gasteiger partial charge in [0.15, 0.2) is 0 Å². The zero-order chi connectivity index (χ0) is 17.6. The highest BCUT2D eigenvalue weighted by atomic mass is 19.1. The van der Waals surface area contributed by atoms with Crippen molar-refractivity contribution in [2.24, 2.45) is 0 Å². The molecule has 0 saturated carbocycles. The predicted octanol–water partition coefficient (Wildman–Crippen LogP) is 0.767. The van der Waals surface area contributed by atoms with E-state index in [4.69, 9.17) is 0 Å². The van der Waals surface area contributed by atoms with E-state index in [-0.39, 0.29) is 23.3 Å². The number of hydrogen-bond donors (Lipinski definition) is 3. The molecule has 25 heavy (non-hydrogen) atoms. The molecule has 2 aromatic rings. The number of aromatic nitrogens is 2. The Labute approximate surface area is 144 Å². The van der Waals surface area contributed by atoms with Crippen molar-refractivity contribution >= 4 is 11.8 Å². The first kappa shape index (κ1) is 17.1. The summed E-state index contributed by atoms with van der Waals surface area (Å²) in [5.74, 6) is -0.633. The lowest BCUT2D eigenvalue weighted by atomic mass is 10.1. The second-order valence-corrected chi connectivity index (χ2v) is 5.88. The van der Waals surface area contributed by atoms with E-state index in [2.05, 4.69) is 25.7 Å². The number of piperazine rings is 1. The van der Waals surface area contributed by atoms with E-state index in [1.165, 1.54) is 12.1 Å². The van der Waals surface area contributed by atoms with Gasteiger partial charge in [0.2, 0.25) is 5.91 Å². The smallest absolute Gasteiger partial charge is 0.269 e. The average molecular weight is 345 g/mol. The maximum absolute atomic E-state index is 13.8. The maximum atomic E-state index is 13.8. The van der Waals surface area contributed by atoms with Gasteiger partial charge < -0.3 is 10.6 Å². The van der Waals surface area contributed by atoms with Crippen molar-refractivity contribution in [3.05, 3.63) is 41.8 Å². The number of benzene rings is 1. The molecule has 8 heteroatoms. The molecule has 3 N–H and O–H groups in total. The minimum atomic E-state index is -0.383. The SMILES string of the molecule is O=C1CN(CCCNC(=O)c2cc(-c3ccccc3F)n[nH]2)CCN1. The first-order valence-corrected chi connectivity index (χ1v) is 8.21. The first-order chi connectivity index (χ1) is 12.1. The zero-order valence-electron chi connectivity index (χ0n) is 13.7.